The van der Waals surface area contributed by atoms with Crippen LogP contribution in [0.3, 0.4) is 0 Å². The Hall–Kier alpha value is -1.36. The molecule has 1 aromatic rings. The lowest BCUT2D eigenvalue weighted by atomic mass is 10.0. The first-order valence-electron chi connectivity index (χ1n) is 6.30. The Morgan fingerprint density at radius 2 is 2.11 bits per heavy atom. The summed E-state index contributed by atoms with van der Waals surface area (Å²) in [6, 6.07) is 4.65. The molecule has 0 radical (unpaired) electrons. The average Bonchev–Trinajstić information content (AvgIpc) is 2.41. The van der Waals surface area contributed by atoms with Gasteiger partial charge in [0, 0.05) is 16.6 Å². The fraction of sp³-hybridized carbons (Fsp3) is 0.429. The fourth-order valence-corrected chi connectivity index (χ4v) is 2.62. The van der Waals surface area contributed by atoms with Gasteiger partial charge in [0.1, 0.15) is 6.04 Å². The number of aliphatic carboxylic acids is 1. The second-order valence-electron chi connectivity index (χ2n) is 4.81. The summed E-state index contributed by atoms with van der Waals surface area (Å²) < 4.78 is 0.942. The smallest absolute Gasteiger partial charge is 0.326 e. The lowest BCUT2D eigenvalue weighted by Crippen LogP contribution is -2.48. The average molecular weight is 326 g/mol. The maximum absolute atomic E-state index is 12.4. The number of hydrogen-bond donors (Lipinski definition) is 1. The van der Waals surface area contributed by atoms with Gasteiger partial charge in [-0.3, -0.25) is 4.79 Å². The molecule has 5 heteroatoms. The fourth-order valence-electron chi connectivity index (χ4n) is 2.37. The summed E-state index contributed by atoms with van der Waals surface area (Å²) in [6.45, 7) is 2.43. The van der Waals surface area contributed by atoms with E-state index in [4.69, 9.17) is 0 Å². The minimum Gasteiger partial charge on any atom is -0.480 e. The van der Waals surface area contributed by atoms with Crippen LogP contribution in [0.2, 0.25) is 0 Å². The van der Waals surface area contributed by atoms with E-state index < -0.39 is 12.0 Å². The molecule has 1 fully saturated rings. The van der Waals surface area contributed by atoms with Crippen LogP contribution in [0.15, 0.2) is 22.7 Å². The van der Waals surface area contributed by atoms with E-state index in [-0.39, 0.29) is 5.91 Å². The van der Waals surface area contributed by atoms with Gasteiger partial charge in [0.25, 0.3) is 5.91 Å². The molecule has 1 amide bonds. The molecule has 1 saturated heterocycles. The van der Waals surface area contributed by atoms with Crippen LogP contribution in [0.4, 0.5) is 0 Å². The van der Waals surface area contributed by atoms with E-state index in [2.05, 4.69) is 15.9 Å². The third-order valence-electron chi connectivity index (χ3n) is 3.45. The number of likely N-dealkylation sites (tertiary alicyclic amines) is 1. The first-order chi connectivity index (χ1) is 9.00. The normalized spacial score (nSPS) is 19.3. The van der Waals surface area contributed by atoms with Gasteiger partial charge >= 0.3 is 5.97 Å². The molecule has 19 heavy (non-hydrogen) atoms. The van der Waals surface area contributed by atoms with Crippen LogP contribution in [0.5, 0.6) is 0 Å². The van der Waals surface area contributed by atoms with E-state index in [1.807, 2.05) is 13.0 Å². The molecule has 0 spiro atoms. The molecular formula is C14H16BrNO3. The third kappa shape index (κ3) is 2.97. The molecule has 0 saturated carbocycles. The second kappa shape index (κ2) is 5.74. The summed E-state index contributed by atoms with van der Waals surface area (Å²) in [7, 11) is 0. The van der Waals surface area contributed by atoms with Crippen LogP contribution in [-0.2, 0) is 4.79 Å². The second-order valence-corrected chi connectivity index (χ2v) is 5.67. The van der Waals surface area contributed by atoms with Crippen molar-refractivity contribution in [3.63, 3.8) is 0 Å². The number of piperidine rings is 1. The number of carbonyl (C=O) groups excluding carboxylic acids is 1. The monoisotopic (exact) mass is 325 g/mol. The van der Waals surface area contributed by atoms with Crippen molar-refractivity contribution in [1.82, 2.24) is 4.90 Å². The summed E-state index contributed by atoms with van der Waals surface area (Å²) in [5.74, 6) is -1.11. The van der Waals surface area contributed by atoms with E-state index >= 15 is 0 Å². The van der Waals surface area contributed by atoms with Crippen molar-refractivity contribution in [2.45, 2.75) is 32.2 Å². The quantitative estimate of drug-likeness (QED) is 0.909. The molecule has 0 aromatic heterocycles. The lowest BCUT2D eigenvalue weighted by Gasteiger charge is -2.33. The minimum atomic E-state index is -0.915. The van der Waals surface area contributed by atoms with Gasteiger partial charge in [0.2, 0.25) is 0 Å². The van der Waals surface area contributed by atoms with Gasteiger partial charge in [-0.15, -0.1) is 0 Å². The molecule has 1 aliphatic heterocycles. The number of carboxylic acids is 1. The molecule has 2 rings (SSSR count). The zero-order valence-corrected chi connectivity index (χ0v) is 12.3. The predicted molar refractivity (Wildman–Crippen MR) is 75.2 cm³/mol. The first-order valence-corrected chi connectivity index (χ1v) is 7.10. The number of carbonyl (C=O) groups is 2. The number of benzene rings is 1. The molecule has 0 aliphatic carbocycles. The highest BCUT2D eigenvalue weighted by Gasteiger charge is 2.32. The van der Waals surface area contributed by atoms with E-state index in [0.717, 1.165) is 22.9 Å². The van der Waals surface area contributed by atoms with Crippen LogP contribution >= 0.6 is 15.9 Å². The van der Waals surface area contributed by atoms with Gasteiger partial charge in [-0.25, -0.2) is 4.79 Å². The maximum Gasteiger partial charge on any atom is 0.326 e. The molecule has 102 valence electrons. The maximum atomic E-state index is 12.4. The Bertz CT molecular complexity index is 515. The lowest BCUT2D eigenvalue weighted by molar-refractivity contribution is -0.143. The summed E-state index contributed by atoms with van der Waals surface area (Å²) in [5.41, 5.74) is 1.52. The van der Waals surface area contributed by atoms with E-state index in [1.165, 1.54) is 4.90 Å². The zero-order chi connectivity index (χ0) is 14.0. The summed E-state index contributed by atoms with van der Waals surface area (Å²) >= 11 is 3.39. The van der Waals surface area contributed by atoms with Crippen molar-refractivity contribution in [2.75, 3.05) is 6.54 Å². The van der Waals surface area contributed by atoms with Crippen molar-refractivity contribution in [2.24, 2.45) is 0 Å². The van der Waals surface area contributed by atoms with Crippen LogP contribution in [0, 0.1) is 6.92 Å². The van der Waals surface area contributed by atoms with Gasteiger partial charge < -0.3 is 10.0 Å². The predicted octanol–water partition coefficient (Wildman–Crippen LogP) is 2.84. The van der Waals surface area contributed by atoms with Crippen LogP contribution in [-0.4, -0.2) is 34.5 Å². The number of aryl methyl sites for hydroxylation is 1. The Kier molecular flexibility index (Phi) is 4.24. The van der Waals surface area contributed by atoms with Crippen LogP contribution in [0.1, 0.15) is 35.2 Å². The zero-order valence-electron chi connectivity index (χ0n) is 10.7. The molecule has 1 N–H and O–H groups in total. The van der Waals surface area contributed by atoms with Gasteiger partial charge in [0.05, 0.1) is 0 Å². The standard InChI is InChI=1S/C14H16BrNO3/c1-9-8-10(5-6-11(9)15)13(17)16-7-3-2-4-12(16)14(18)19/h5-6,8,12H,2-4,7H2,1H3,(H,18,19)/t12-/m0/s1. The Morgan fingerprint density at radius 1 is 1.37 bits per heavy atom. The number of nitrogens with zero attached hydrogens (tertiary/aromatic N) is 1. The molecule has 1 aromatic carbocycles. The minimum absolute atomic E-state index is 0.192. The highest BCUT2D eigenvalue weighted by molar-refractivity contribution is 9.10. The molecular weight excluding hydrogens is 310 g/mol. The Labute approximate surface area is 120 Å². The van der Waals surface area contributed by atoms with Gasteiger partial charge in [-0.2, -0.15) is 0 Å². The molecule has 1 heterocycles. The van der Waals surface area contributed by atoms with Crippen molar-refractivity contribution >= 4 is 27.8 Å². The molecule has 0 bridgehead atoms. The highest BCUT2D eigenvalue weighted by atomic mass is 79.9. The summed E-state index contributed by atoms with van der Waals surface area (Å²) in [5, 5.41) is 9.20. The molecule has 0 unspecified atom stereocenters. The number of halogens is 1. The number of rotatable bonds is 2. The van der Waals surface area contributed by atoms with Crippen molar-refractivity contribution in [3.05, 3.63) is 33.8 Å². The van der Waals surface area contributed by atoms with E-state index in [1.54, 1.807) is 12.1 Å². The third-order valence-corrected chi connectivity index (χ3v) is 4.34. The SMILES string of the molecule is Cc1cc(C(=O)N2CCCC[C@H]2C(=O)O)ccc1Br. The van der Waals surface area contributed by atoms with Crippen molar-refractivity contribution in [3.8, 4) is 0 Å². The van der Waals surface area contributed by atoms with Gasteiger partial charge in [0.15, 0.2) is 0 Å². The van der Waals surface area contributed by atoms with Gasteiger partial charge in [-0.1, -0.05) is 15.9 Å². The van der Waals surface area contributed by atoms with Crippen molar-refractivity contribution < 1.29 is 14.7 Å². The number of hydrogen-bond acceptors (Lipinski definition) is 2. The van der Waals surface area contributed by atoms with E-state index in [9.17, 15) is 14.7 Å². The Morgan fingerprint density at radius 3 is 2.74 bits per heavy atom. The molecule has 4 nitrogen and oxygen atoms in total. The molecule has 1 atom stereocenters. The largest absolute Gasteiger partial charge is 0.480 e. The van der Waals surface area contributed by atoms with E-state index in [0.29, 0.717) is 18.5 Å². The highest BCUT2D eigenvalue weighted by Crippen LogP contribution is 2.22. The van der Waals surface area contributed by atoms with Crippen LogP contribution in [0.25, 0.3) is 0 Å². The van der Waals surface area contributed by atoms with Crippen LogP contribution < -0.4 is 0 Å². The number of carboxylic acid groups (broad SMARTS) is 1. The van der Waals surface area contributed by atoms with Crippen molar-refractivity contribution in [1.29, 1.82) is 0 Å². The Balaban J connectivity index is 2.26. The summed E-state index contributed by atoms with van der Waals surface area (Å²) in [6.07, 6.45) is 2.27. The first kappa shape index (κ1) is 14.1. The van der Waals surface area contributed by atoms with Gasteiger partial charge in [-0.05, 0) is 49.9 Å². The number of amides is 1. The summed E-state index contributed by atoms with van der Waals surface area (Å²) in [4.78, 5) is 25.1. The topological polar surface area (TPSA) is 57.6 Å². The molecule has 1 aliphatic rings.